The Morgan fingerprint density at radius 3 is 2.72 bits per heavy atom. The highest BCUT2D eigenvalue weighted by atomic mass is 16.3. The van der Waals surface area contributed by atoms with Crippen LogP contribution in [-0.2, 0) is 0 Å². The maximum Gasteiger partial charge on any atom is 0.269 e. The van der Waals surface area contributed by atoms with Gasteiger partial charge in [-0.3, -0.25) is 9.78 Å². The van der Waals surface area contributed by atoms with Gasteiger partial charge in [0.1, 0.15) is 0 Å². The lowest BCUT2D eigenvalue weighted by atomic mass is 9.69. The fraction of sp³-hybridized carbons (Fsp3) is 0.714. The highest BCUT2D eigenvalue weighted by Crippen LogP contribution is 2.43. The van der Waals surface area contributed by atoms with Crippen LogP contribution in [0.4, 0.5) is 0 Å². The van der Waals surface area contributed by atoms with Crippen LogP contribution in [0.2, 0.25) is 0 Å². The first-order valence-corrected chi connectivity index (χ1v) is 6.60. The largest absolute Gasteiger partial charge is 0.393 e. The molecule has 1 N–H and O–H groups in total. The minimum atomic E-state index is -0.298. The third kappa shape index (κ3) is 2.64. The van der Waals surface area contributed by atoms with Crippen LogP contribution in [0.25, 0.3) is 0 Å². The first-order valence-electron chi connectivity index (χ1n) is 6.60. The summed E-state index contributed by atoms with van der Waals surface area (Å²) >= 11 is 0. The Labute approximate surface area is 108 Å². The molecule has 0 saturated heterocycles. The van der Waals surface area contributed by atoms with Gasteiger partial charge >= 0.3 is 0 Å². The Bertz CT molecular complexity index is 461. The SMILES string of the molecule is CC(C)(C)C1CCC(O)CC1n1ccncc1=O. The fourth-order valence-electron chi connectivity index (χ4n) is 3.07. The number of hydrogen-bond donors (Lipinski definition) is 1. The van der Waals surface area contributed by atoms with Crippen molar-refractivity contribution in [3.8, 4) is 0 Å². The van der Waals surface area contributed by atoms with E-state index < -0.39 is 0 Å². The molecule has 3 unspecified atom stereocenters. The molecule has 18 heavy (non-hydrogen) atoms. The van der Waals surface area contributed by atoms with Gasteiger partial charge in [0.15, 0.2) is 0 Å². The first kappa shape index (κ1) is 13.3. The summed E-state index contributed by atoms with van der Waals surface area (Å²) in [5.74, 6) is 0.404. The average molecular weight is 250 g/mol. The van der Waals surface area contributed by atoms with Gasteiger partial charge in [-0.25, -0.2) is 0 Å². The predicted octanol–water partition coefficient (Wildman–Crippen LogP) is 1.99. The zero-order valence-electron chi connectivity index (χ0n) is 11.3. The lowest BCUT2D eigenvalue weighted by Crippen LogP contribution is -2.40. The summed E-state index contributed by atoms with van der Waals surface area (Å²) < 4.78 is 1.74. The van der Waals surface area contributed by atoms with Gasteiger partial charge in [0.25, 0.3) is 5.56 Å². The molecule has 0 aromatic carbocycles. The number of aliphatic hydroxyl groups is 1. The van der Waals surface area contributed by atoms with Gasteiger partial charge in [0.2, 0.25) is 0 Å². The number of aliphatic hydroxyl groups excluding tert-OH is 1. The lowest BCUT2D eigenvalue weighted by molar-refractivity contribution is 0.0286. The first-order chi connectivity index (χ1) is 8.39. The summed E-state index contributed by atoms with van der Waals surface area (Å²) in [6, 6.07) is 0.0734. The second-order valence-corrected chi connectivity index (χ2v) is 6.33. The molecule has 1 aromatic rings. The zero-order valence-corrected chi connectivity index (χ0v) is 11.3. The van der Waals surface area contributed by atoms with E-state index in [1.54, 1.807) is 17.0 Å². The topological polar surface area (TPSA) is 55.1 Å². The van der Waals surface area contributed by atoms with E-state index in [-0.39, 0.29) is 23.1 Å². The summed E-state index contributed by atoms with van der Waals surface area (Å²) in [7, 11) is 0. The predicted molar refractivity (Wildman–Crippen MR) is 70.3 cm³/mol. The van der Waals surface area contributed by atoms with Crippen LogP contribution in [0.3, 0.4) is 0 Å². The van der Waals surface area contributed by atoms with Crippen LogP contribution in [0.15, 0.2) is 23.4 Å². The molecule has 100 valence electrons. The number of aromatic nitrogens is 2. The highest BCUT2D eigenvalue weighted by Gasteiger charge is 2.38. The Morgan fingerprint density at radius 1 is 1.39 bits per heavy atom. The molecule has 0 aliphatic heterocycles. The lowest BCUT2D eigenvalue weighted by Gasteiger charge is -2.42. The van der Waals surface area contributed by atoms with E-state index in [4.69, 9.17) is 0 Å². The van der Waals surface area contributed by atoms with E-state index in [0.29, 0.717) is 12.3 Å². The van der Waals surface area contributed by atoms with Gasteiger partial charge in [-0.15, -0.1) is 0 Å². The minimum Gasteiger partial charge on any atom is -0.393 e. The quantitative estimate of drug-likeness (QED) is 0.829. The molecule has 0 amide bonds. The van der Waals surface area contributed by atoms with E-state index in [1.807, 2.05) is 0 Å². The van der Waals surface area contributed by atoms with E-state index in [0.717, 1.165) is 12.8 Å². The second kappa shape index (κ2) is 4.84. The summed E-state index contributed by atoms with van der Waals surface area (Å²) in [4.78, 5) is 15.8. The van der Waals surface area contributed by atoms with Crippen LogP contribution in [-0.4, -0.2) is 20.8 Å². The normalized spacial score (nSPS) is 29.2. The highest BCUT2D eigenvalue weighted by molar-refractivity contribution is 4.94. The van der Waals surface area contributed by atoms with Crippen molar-refractivity contribution in [3.05, 3.63) is 28.9 Å². The van der Waals surface area contributed by atoms with Gasteiger partial charge in [-0.05, 0) is 30.6 Å². The second-order valence-electron chi connectivity index (χ2n) is 6.33. The number of hydrogen-bond acceptors (Lipinski definition) is 3. The Morgan fingerprint density at radius 2 is 2.11 bits per heavy atom. The standard InChI is InChI=1S/C14H22N2O2/c1-14(2,3)11-5-4-10(17)8-12(11)16-7-6-15-9-13(16)18/h6-7,9-12,17H,4-5,8H2,1-3H3. The van der Waals surface area contributed by atoms with Crippen molar-refractivity contribution in [3.63, 3.8) is 0 Å². The zero-order chi connectivity index (χ0) is 13.3. The third-order valence-corrected chi connectivity index (χ3v) is 4.01. The molecule has 1 aliphatic rings. The van der Waals surface area contributed by atoms with Crippen LogP contribution in [0, 0.1) is 11.3 Å². The third-order valence-electron chi connectivity index (χ3n) is 4.01. The molecular weight excluding hydrogens is 228 g/mol. The van der Waals surface area contributed by atoms with Crippen LogP contribution in [0.5, 0.6) is 0 Å². The van der Waals surface area contributed by atoms with Crippen molar-refractivity contribution < 1.29 is 5.11 Å². The molecule has 3 atom stereocenters. The summed E-state index contributed by atoms with van der Waals surface area (Å²) in [5.41, 5.74) is 0.0545. The number of rotatable bonds is 1. The average Bonchev–Trinajstić information content (AvgIpc) is 2.27. The van der Waals surface area contributed by atoms with Crippen molar-refractivity contribution in [1.82, 2.24) is 9.55 Å². The molecule has 1 saturated carbocycles. The van der Waals surface area contributed by atoms with E-state index in [2.05, 4.69) is 25.8 Å². The number of nitrogens with zero attached hydrogens (tertiary/aromatic N) is 2. The van der Waals surface area contributed by atoms with Crippen LogP contribution >= 0.6 is 0 Å². The Balaban J connectivity index is 2.37. The summed E-state index contributed by atoms with van der Waals surface area (Å²) in [6.45, 7) is 6.61. The van der Waals surface area contributed by atoms with Crippen LogP contribution < -0.4 is 5.56 Å². The molecular formula is C14H22N2O2. The molecule has 1 heterocycles. The molecule has 0 spiro atoms. The minimum absolute atomic E-state index is 0.0734. The Hall–Kier alpha value is -1.16. The van der Waals surface area contributed by atoms with Gasteiger partial charge in [0, 0.05) is 18.4 Å². The molecule has 0 bridgehead atoms. The van der Waals surface area contributed by atoms with Crippen LogP contribution in [0.1, 0.15) is 46.1 Å². The smallest absolute Gasteiger partial charge is 0.269 e. The van der Waals surface area contributed by atoms with Gasteiger partial charge in [-0.1, -0.05) is 20.8 Å². The van der Waals surface area contributed by atoms with Crippen molar-refractivity contribution in [2.24, 2.45) is 11.3 Å². The summed E-state index contributed by atoms with van der Waals surface area (Å²) in [5, 5.41) is 9.88. The molecule has 1 aliphatic carbocycles. The summed E-state index contributed by atoms with van der Waals surface area (Å²) in [6.07, 6.45) is 6.88. The van der Waals surface area contributed by atoms with Gasteiger partial charge < -0.3 is 9.67 Å². The van der Waals surface area contributed by atoms with Gasteiger partial charge in [-0.2, -0.15) is 0 Å². The van der Waals surface area contributed by atoms with Crippen molar-refractivity contribution >= 4 is 0 Å². The maximum atomic E-state index is 11.9. The molecule has 0 radical (unpaired) electrons. The molecule has 2 rings (SSSR count). The monoisotopic (exact) mass is 250 g/mol. The van der Waals surface area contributed by atoms with E-state index >= 15 is 0 Å². The van der Waals surface area contributed by atoms with E-state index in [1.165, 1.54) is 6.20 Å². The molecule has 1 aromatic heterocycles. The van der Waals surface area contributed by atoms with Gasteiger partial charge in [0.05, 0.1) is 12.3 Å². The van der Waals surface area contributed by atoms with Crippen molar-refractivity contribution in [2.75, 3.05) is 0 Å². The Kier molecular flexibility index (Phi) is 3.57. The molecule has 4 nitrogen and oxygen atoms in total. The molecule has 1 fully saturated rings. The van der Waals surface area contributed by atoms with E-state index in [9.17, 15) is 9.90 Å². The van der Waals surface area contributed by atoms with Crippen molar-refractivity contribution in [2.45, 2.75) is 52.2 Å². The maximum absolute atomic E-state index is 11.9. The fourth-order valence-corrected chi connectivity index (χ4v) is 3.07. The van der Waals surface area contributed by atoms with Crippen molar-refractivity contribution in [1.29, 1.82) is 0 Å². The molecule has 4 heteroatoms.